The van der Waals surface area contributed by atoms with E-state index in [-0.39, 0.29) is 16.5 Å². The van der Waals surface area contributed by atoms with Crippen LogP contribution in [-0.2, 0) is 10.0 Å². The first kappa shape index (κ1) is 15.2. The summed E-state index contributed by atoms with van der Waals surface area (Å²) in [5.41, 5.74) is 5.74. The Kier molecular flexibility index (Phi) is 4.62. The number of benzene rings is 1. The first-order valence-corrected chi connectivity index (χ1v) is 8.17. The van der Waals surface area contributed by atoms with Gasteiger partial charge in [-0.1, -0.05) is 6.92 Å². The minimum atomic E-state index is -3.85. The first-order chi connectivity index (χ1) is 9.42. The molecule has 1 saturated heterocycles. The molecule has 0 spiro atoms. The molecule has 0 saturated carbocycles. The van der Waals surface area contributed by atoms with E-state index in [2.05, 4.69) is 16.5 Å². The number of nitrogens with one attached hydrogen (secondary N) is 1. The zero-order chi connectivity index (χ0) is 14.8. The van der Waals surface area contributed by atoms with Crippen LogP contribution in [0.3, 0.4) is 0 Å². The second-order valence-electron chi connectivity index (χ2n) is 5.09. The van der Waals surface area contributed by atoms with Crippen molar-refractivity contribution in [1.82, 2.24) is 9.62 Å². The van der Waals surface area contributed by atoms with E-state index in [0.29, 0.717) is 6.54 Å². The van der Waals surface area contributed by atoms with E-state index in [1.807, 2.05) is 0 Å². The molecule has 1 aliphatic rings. The Bertz CT molecular complexity index is 577. The molecule has 0 amide bonds. The number of sulfonamides is 1. The summed E-state index contributed by atoms with van der Waals surface area (Å²) in [4.78, 5) is 1.88. The maximum Gasteiger partial charge on any atom is 0.243 e. The summed E-state index contributed by atoms with van der Waals surface area (Å²) in [6.45, 7) is 5.23. The Morgan fingerprint density at radius 2 is 2.25 bits per heavy atom. The van der Waals surface area contributed by atoms with Crippen LogP contribution in [0.1, 0.15) is 13.3 Å². The number of nitrogens with zero attached hydrogens (tertiary/aromatic N) is 1. The monoisotopic (exact) mass is 301 g/mol. The minimum absolute atomic E-state index is 0.227. The lowest BCUT2D eigenvalue weighted by molar-refractivity contribution is 0.342. The normalized spacial score (nSPS) is 20.4. The predicted molar refractivity (Wildman–Crippen MR) is 76.2 cm³/mol. The molecule has 20 heavy (non-hydrogen) atoms. The number of nitrogens with two attached hydrogens (primary N) is 1. The number of halogens is 1. The summed E-state index contributed by atoms with van der Waals surface area (Å²) in [5, 5.41) is 0. The van der Waals surface area contributed by atoms with Crippen LogP contribution in [0.15, 0.2) is 23.1 Å². The topological polar surface area (TPSA) is 75.4 Å². The van der Waals surface area contributed by atoms with Gasteiger partial charge in [0, 0.05) is 18.8 Å². The molecule has 1 unspecified atom stereocenters. The molecule has 7 heteroatoms. The van der Waals surface area contributed by atoms with Crippen molar-refractivity contribution in [1.29, 1.82) is 0 Å². The average Bonchev–Trinajstić information content (AvgIpc) is 2.87. The lowest BCUT2D eigenvalue weighted by Crippen LogP contribution is -2.31. The van der Waals surface area contributed by atoms with Crippen molar-refractivity contribution in [2.45, 2.75) is 18.2 Å². The quantitative estimate of drug-likeness (QED) is 0.797. The van der Waals surface area contributed by atoms with Gasteiger partial charge in [-0.3, -0.25) is 0 Å². The highest BCUT2D eigenvalue weighted by Gasteiger charge is 2.25. The van der Waals surface area contributed by atoms with Crippen molar-refractivity contribution < 1.29 is 12.8 Å². The van der Waals surface area contributed by atoms with Crippen molar-refractivity contribution in [3.05, 3.63) is 24.0 Å². The number of likely N-dealkylation sites (tertiary alicyclic amines) is 1. The fraction of sp³-hybridized carbons (Fsp3) is 0.538. The molecule has 1 fully saturated rings. The van der Waals surface area contributed by atoms with Crippen LogP contribution >= 0.6 is 0 Å². The number of hydrogen-bond acceptors (Lipinski definition) is 4. The summed E-state index contributed by atoms with van der Waals surface area (Å²) in [5.74, 6) is -0.512. The van der Waals surface area contributed by atoms with Gasteiger partial charge in [0.15, 0.2) is 0 Å². The molecule has 0 aliphatic carbocycles. The van der Waals surface area contributed by atoms with Crippen molar-refractivity contribution in [2.24, 2.45) is 5.92 Å². The van der Waals surface area contributed by atoms with E-state index < -0.39 is 15.8 Å². The van der Waals surface area contributed by atoms with Gasteiger partial charge in [0.25, 0.3) is 0 Å². The molecular formula is C13H20FN3O2S. The summed E-state index contributed by atoms with van der Waals surface area (Å²) in [6.07, 6.45) is 0.954. The van der Waals surface area contributed by atoms with Crippen LogP contribution < -0.4 is 10.5 Å². The van der Waals surface area contributed by atoms with Crippen molar-refractivity contribution in [3.63, 3.8) is 0 Å². The Morgan fingerprint density at radius 3 is 2.90 bits per heavy atom. The average molecular weight is 301 g/mol. The highest BCUT2D eigenvalue weighted by molar-refractivity contribution is 7.89. The van der Waals surface area contributed by atoms with E-state index in [0.717, 1.165) is 38.2 Å². The molecule has 5 nitrogen and oxygen atoms in total. The third-order valence-corrected chi connectivity index (χ3v) is 5.06. The molecule has 3 N–H and O–H groups in total. The van der Waals surface area contributed by atoms with Crippen molar-refractivity contribution in [3.8, 4) is 0 Å². The van der Waals surface area contributed by atoms with Crippen LogP contribution in [-0.4, -0.2) is 39.5 Å². The summed E-state index contributed by atoms with van der Waals surface area (Å²) < 4.78 is 40.3. The van der Waals surface area contributed by atoms with Gasteiger partial charge < -0.3 is 10.6 Å². The predicted octanol–water partition coefficient (Wildman–Crippen LogP) is 1.03. The maximum absolute atomic E-state index is 13.6. The highest BCUT2D eigenvalue weighted by atomic mass is 32.2. The Morgan fingerprint density at radius 1 is 1.50 bits per heavy atom. The number of hydrogen-bond donors (Lipinski definition) is 2. The number of anilines is 1. The largest absolute Gasteiger partial charge is 0.399 e. The molecule has 1 atom stereocenters. The molecular weight excluding hydrogens is 281 g/mol. The lowest BCUT2D eigenvalue weighted by atomic mass is 10.1. The SMILES string of the molecule is CCN1CCC(CNS(=O)(=O)c2cc(N)ccc2F)C1. The van der Waals surface area contributed by atoms with Crippen LogP contribution in [0.5, 0.6) is 0 Å². The Hall–Kier alpha value is -1.18. The van der Waals surface area contributed by atoms with Gasteiger partial charge in [0.05, 0.1) is 0 Å². The van der Waals surface area contributed by atoms with E-state index >= 15 is 0 Å². The fourth-order valence-corrected chi connectivity index (χ4v) is 3.62. The van der Waals surface area contributed by atoms with Gasteiger partial charge in [-0.25, -0.2) is 17.5 Å². The zero-order valence-electron chi connectivity index (χ0n) is 11.5. The second-order valence-corrected chi connectivity index (χ2v) is 6.83. The van der Waals surface area contributed by atoms with Gasteiger partial charge in [0.1, 0.15) is 10.7 Å². The van der Waals surface area contributed by atoms with Crippen molar-refractivity contribution >= 4 is 15.7 Å². The summed E-state index contributed by atoms with van der Waals surface area (Å²) in [7, 11) is -3.85. The third-order valence-electron chi connectivity index (χ3n) is 3.62. The van der Waals surface area contributed by atoms with Gasteiger partial charge in [-0.2, -0.15) is 0 Å². The van der Waals surface area contributed by atoms with E-state index in [1.165, 1.54) is 6.07 Å². The van der Waals surface area contributed by atoms with Crippen molar-refractivity contribution in [2.75, 3.05) is 31.9 Å². The van der Waals surface area contributed by atoms with E-state index in [4.69, 9.17) is 5.73 Å². The van der Waals surface area contributed by atoms with Gasteiger partial charge in [-0.15, -0.1) is 0 Å². The number of nitrogen functional groups attached to an aromatic ring is 1. The van der Waals surface area contributed by atoms with Crippen LogP contribution in [0, 0.1) is 11.7 Å². The van der Waals surface area contributed by atoms with E-state index in [1.54, 1.807) is 0 Å². The Labute approximate surface area is 119 Å². The molecule has 1 aliphatic heterocycles. The molecule has 2 rings (SSSR count). The number of rotatable bonds is 5. The third kappa shape index (κ3) is 3.47. The maximum atomic E-state index is 13.6. The second kappa shape index (κ2) is 6.07. The smallest absolute Gasteiger partial charge is 0.243 e. The molecule has 1 heterocycles. The van der Waals surface area contributed by atoms with Crippen LogP contribution in [0.4, 0.5) is 10.1 Å². The standard InChI is InChI=1S/C13H20FN3O2S/c1-2-17-6-5-10(9-17)8-16-20(18,19)13-7-11(15)3-4-12(13)14/h3-4,7,10,16H,2,5-6,8-9,15H2,1H3. The van der Waals surface area contributed by atoms with Crippen LogP contribution in [0.25, 0.3) is 0 Å². The van der Waals surface area contributed by atoms with Gasteiger partial charge in [0.2, 0.25) is 10.0 Å². The summed E-state index contributed by atoms with van der Waals surface area (Å²) in [6, 6.07) is 3.55. The zero-order valence-corrected chi connectivity index (χ0v) is 12.3. The summed E-state index contributed by atoms with van der Waals surface area (Å²) >= 11 is 0. The molecule has 0 aromatic heterocycles. The highest BCUT2D eigenvalue weighted by Crippen LogP contribution is 2.19. The first-order valence-electron chi connectivity index (χ1n) is 6.69. The van der Waals surface area contributed by atoms with Crippen LogP contribution in [0.2, 0.25) is 0 Å². The minimum Gasteiger partial charge on any atom is -0.399 e. The molecule has 0 bridgehead atoms. The molecule has 1 aromatic rings. The molecule has 112 valence electrons. The molecule has 1 aromatic carbocycles. The van der Waals surface area contributed by atoms with Gasteiger partial charge >= 0.3 is 0 Å². The molecule has 0 radical (unpaired) electrons. The fourth-order valence-electron chi connectivity index (χ4n) is 2.40. The lowest BCUT2D eigenvalue weighted by Gasteiger charge is -2.14. The van der Waals surface area contributed by atoms with E-state index in [9.17, 15) is 12.8 Å². The van der Waals surface area contributed by atoms with Gasteiger partial charge in [-0.05, 0) is 43.6 Å². The Balaban J connectivity index is 2.03.